The molecule has 2 nitrogen and oxygen atoms in total. The molecule has 2 aromatic carbocycles. The van der Waals surface area contributed by atoms with Gasteiger partial charge in [-0.05, 0) is 34.1 Å². The van der Waals surface area contributed by atoms with E-state index in [1.165, 1.54) is 0 Å². The van der Waals surface area contributed by atoms with Crippen LogP contribution in [0.25, 0.3) is 0 Å². The Morgan fingerprint density at radius 3 is 1.71 bits per heavy atom. The summed E-state index contributed by atoms with van der Waals surface area (Å²) in [5.74, 6) is 0.813. The molecule has 0 atom stereocenters. The van der Waals surface area contributed by atoms with Crippen molar-refractivity contribution in [2.24, 2.45) is 10.8 Å². The van der Waals surface area contributed by atoms with Gasteiger partial charge in [0.1, 0.15) is 12.4 Å². The van der Waals surface area contributed by atoms with Crippen LogP contribution in [0.4, 0.5) is 0 Å². The third-order valence-corrected chi connectivity index (χ3v) is 4.69. The molecule has 0 radical (unpaired) electrons. The molecule has 0 unspecified atom stereocenters. The summed E-state index contributed by atoms with van der Waals surface area (Å²) in [5, 5.41) is 11.5. The summed E-state index contributed by atoms with van der Waals surface area (Å²) in [6.07, 6.45) is 0. The Kier molecular flexibility index (Phi) is 5.10. The molecule has 130 valence electrons. The highest BCUT2D eigenvalue weighted by Crippen LogP contribution is 2.51. The first-order valence-corrected chi connectivity index (χ1v) is 8.55. The fraction of sp³-hybridized carbons (Fsp3) is 0.455. The fourth-order valence-corrected chi connectivity index (χ4v) is 3.52. The second kappa shape index (κ2) is 6.60. The maximum atomic E-state index is 11.5. The molecule has 1 N–H and O–H groups in total. The average Bonchev–Trinajstić information content (AvgIpc) is 2.51. The normalized spacial score (nSPS) is 13.0. The summed E-state index contributed by atoms with van der Waals surface area (Å²) in [6.45, 7) is 13.0. The minimum Gasteiger partial charge on any atom is -0.489 e. The van der Waals surface area contributed by atoms with Gasteiger partial charge in [0.2, 0.25) is 0 Å². The van der Waals surface area contributed by atoms with Crippen molar-refractivity contribution in [3.63, 3.8) is 0 Å². The molecule has 0 aliphatic carbocycles. The van der Waals surface area contributed by atoms with Gasteiger partial charge in [-0.25, -0.2) is 0 Å². The lowest BCUT2D eigenvalue weighted by molar-refractivity contribution is -0.145. The van der Waals surface area contributed by atoms with Crippen LogP contribution in [0.3, 0.4) is 0 Å². The highest BCUT2D eigenvalue weighted by atomic mass is 16.5. The summed E-state index contributed by atoms with van der Waals surface area (Å²) >= 11 is 0. The molecule has 0 aliphatic rings. The Morgan fingerprint density at radius 2 is 1.25 bits per heavy atom. The molecule has 0 amide bonds. The maximum absolute atomic E-state index is 11.5. The zero-order valence-corrected chi connectivity index (χ0v) is 15.8. The van der Waals surface area contributed by atoms with E-state index in [4.69, 9.17) is 4.74 Å². The quantitative estimate of drug-likeness (QED) is 0.798. The van der Waals surface area contributed by atoms with Crippen molar-refractivity contribution in [1.82, 2.24) is 0 Å². The average molecular weight is 326 g/mol. The van der Waals surface area contributed by atoms with E-state index in [2.05, 4.69) is 41.5 Å². The Hall–Kier alpha value is -1.80. The van der Waals surface area contributed by atoms with E-state index < -0.39 is 5.60 Å². The van der Waals surface area contributed by atoms with Crippen LogP contribution in [0.15, 0.2) is 54.6 Å². The third-order valence-electron chi connectivity index (χ3n) is 4.69. The van der Waals surface area contributed by atoms with Crippen molar-refractivity contribution in [2.45, 2.75) is 53.8 Å². The molecule has 0 aliphatic heterocycles. The van der Waals surface area contributed by atoms with Crippen molar-refractivity contribution in [3.8, 4) is 5.75 Å². The summed E-state index contributed by atoms with van der Waals surface area (Å²) in [5.41, 5.74) is 0.574. The molecule has 0 saturated heterocycles. The van der Waals surface area contributed by atoms with E-state index in [-0.39, 0.29) is 10.8 Å². The Morgan fingerprint density at radius 1 is 0.750 bits per heavy atom. The number of rotatable bonds is 4. The fourth-order valence-electron chi connectivity index (χ4n) is 3.52. The monoisotopic (exact) mass is 326 g/mol. The predicted octanol–water partition coefficient (Wildman–Crippen LogP) is 5.55. The van der Waals surface area contributed by atoms with Crippen molar-refractivity contribution in [3.05, 3.63) is 65.7 Å². The van der Waals surface area contributed by atoms with E-state index >= 15 is 0 Å². The summed E-state index contributed by atoms with van der Waals surface area (Å²) in [7, 11) is 0. The zero-order chi connectivity index (χ0) is 18.0. The third kappa shape index (κ3) is 3.64. The van der Waals surface area contributed by atoms with Gasteiger partial charge in [-0.15, -0.1) is 0 Å². The molecular formula is C22H30O2. The van der Waals surface area contributed by atoms with Gasteiger partial charge in [-0.2, -0.15) is 0 Å². The van der Waals surface area contributed by atoms with Crippen LogP contribution in [0, 0.1) is 10.8 Å². The van der Waals surface area contributed by atoms with Crippen molar-refractivity contribution in [2.75, 3.05) is 0 Å². The Balaban J connectivity index is 2.21. The molecule has 0 aromatic heterocycles. The molecule has 0 saturated carbocycles. The number of aliphatic hydroxyl groups is 1. The summed E-state index contributed by atoms with van der Waals surface area (Å²) < 4.78 is 5.85. The maximum Gasteiger partial charge on any atom is 0.119 e. The second-order valence-corrected chi connectivity index (χ2v) is 8.51. The van der Waals surface area contributed by atoms with Crippen LogP contribution < -0.4 is 4.74 Å². The van der Waals surface area contributed by atoms with Crippen LogP contribution in [0.1, 0.15) is 52.7 Å². The van der Waals surface area contributed by atoms with Crippen LogP contribution >= 0.6 is 0 Å². The van der Waals surface area contributed by atoms with Crippen molar-refractivity contribution >= 4 is 0 Å². The van der Waals surface area contributed by atoms with Gasteiger partial charge in [-0.3, -0.25) is 0 Å². The molecule has 0 spiro atoms. The van der Waals surface area contributed by atoms with E-state index in [9.17, 15) is 5.11 Å². The second-order valence-electron chi connectivity index (χ2n) is 8.51. The first-order chi connectivity index (χ1) is 11.1. The van der Waals surface area contributed by atoms with Crippen LogP contribution in [-0.4, -0.2) is 5.11 Å². The van der Waals surface area contributed by atoms with Gasteiger partial charge in [-0.1, -0.05) is 84.0 Å². The SMILES string of the molecule is CC(C)(C)C(O)(c1ccc(OCc2ccccc2)cc1)C(C)(C)C. The molecule has 24 heavy (non-hydrogen) atoms. The minimum atomic E-state index is -0.933. The first kappa shape index (κ1) is 18.5. The topological polar surface area (TPSA) is 29.5 Å². The minimum absolute atomic E-state index is 0.280. The highest BCUT2D eigenvalue weighted by Gasteiger charge is 2.50. The summed E-state index contributed by atoms with van der Waals surface area (Å²) in [4.78, 5) is 0. The molecule has 0 fully saturated rings. The Bertz CT molecular complexity index is 629. The number of ether oxygens (including phenoxy) is 1. The number of hydrogen-bond donors (Lipinski definition) is 1. The van der Waals surface area contributed by atoms with Gasteiger partial charge < -0.3 is 9.84 Å². The van der Waals surface area contributed by atoms with Crippen molar-refractivity contribution in [1.29, 1.82) is 0 Å². The first-order valence-electron chi connectivity index (χ1n) is 8.55. The number of benzene rings is 2. The van der Waals surface area contributed by atoms with Crippen LogP contribution in [-0.2, 0) is 12.2 Å². The van der Waals surface area contributed by atoms with Gasteiger partial charge in [0.15, 0.2) is 0 Å². The molecule has 2 rings (SSSR count). The van der Waals surface area contributed by atoms with E-state index in [1.54, 1.807) is 0 Å². The Labute approximate surface area is 146 Å². The van der Waals surface area contributed by atoms with E-state index in [1.807, 2.05) is 54.6 Å². The number of hydrogen-bond acceptors (Lipinski definition) is 2. The smallest absolute Gasteiger partial charge is 0.119 e. The summed E-state index contributed by atoms with van der Waals surface area (Å²) in [6, 6.07) is 18.0. The molecule has 0 bridgehead atoms. The predicted molar refractivity (Wildman–Crippen MR) is 100 cm³/mol. The van der Waals surface area contributed by atoms with Gasteiger partial charge in [0.05, 0.1) is 5.60 Å². The molecule has 2 aromatic rings. The largest absolute Gasteiger partial charge is 0.489 e. The van der Waals surface area contributed by atoms with Gasteiger partial charge in [0, 0.05) is 0 Å². The lowest BCUT2D eigenvalue weighted by Crippen LogP contribution is -2.50. The lowest BCUT2D eigenvalue weighted by atomic mass is 9.59. The van der Waals surface area contributed by atoms with Crippen LogP contribution in [0.5, 0.6) is 5.75 Å². The van der Waals surface area contributed by atoms with E-state index in [0.29, 0.717) is 6.61 Å². The molecule has 0 heterocycles. The van der Waals surface area contributed by atoms with E-state index in [0.717, 1.165) is 16.9 Å². The zero-order valence-electron chi connectivity index (χ0n) is 15.8. The standard InChI is InChI=1S/C22H30O2/c1-20(2,3)22(23,21(4,5)6)18-12-14-19(15-13-18)24-16-17-10-8-7-9-11-17/h7-15,23H,16H2,1-6H3. The van der Waals surface area contributed by atoms with Gasteiger partial charge >= 0.3 is 0 Å². The highest BCUT2D eigenvalue weighted by molar-refractivity contribution is 5.33. The van der Waals surface area contributed by atoms with Gasteiger partial charge in [0.25, 0.3) is 0 Å². The molecular weight excluding hydrogens is 296 g/mol. The van der Waals surface area contributed by atoms with Crippen molar-refractivity contribution < 1.29 is 9.84 Å². The lowest BCUT2D eigenvalue weighted by Gasteiger charge is -2.50. The molecule has 2 heteroatoms. The van der Waals surface area contributed by atoms with Crippen LogP contribution in [0.2, 0.25) is 0 Å².